The number of carbonyl (C=O) groups is 2. The molecule has 8 heteroatoms. The third-order valence-corrected chi connectivity index (χ3v) is 2.40. The number of hydrogen-bond donors (Lipinski definition) is 2. The Hall–Kier alpha value is -1.67. The molecule has 0 atom stereocenters. The van der Waals surface area contributed by atoms with Crippen molar-refractivity contribution in [3.63, 3.8) is 0 Å². The Kier molecular flexibility index (Phi) is 5.05. The fraction of sp³-hybridized carbons (Fsp3) is 0.333. The van der Waals surface area contributed by atoms with Gasteiger partial charge in [0.05, 0.1) is 0 Å². The summed E-state index contributed by atoms with van der Waals surface area (Å²) in [6.07, 6.45) is 0. The van der Waals surface area contributed by atoms with E-state index in [1.54, 1.807) is 0 Å². The molecule has 2 amide bonds. The molecule has 0 saturated heterocycles. The van der Waals surface area contributed by atoms with Crippen LogP contribution in [-0.2, 0) is 19.7 Å². The molecule has 96 valence electrons. The first-order chi connectivity index (χ1) is 7.55. The highest BCUT2D eigenvalue weighted by molar-refractivity contribution is 7.86. The van der Waals surface area contributed by atoms with Crippen molar-refractivity contribution in [3.05, 3.63) is 24.3 Å². The van der Waals surface area contributed by atoms with Gasteiger partial charge in [0, 0.05) is 11.1 Å². The van der Waals surface area contributed by atoms with Crippen molar-refractivity contribution >= 4 is 21.9 Å². The first-order valence-corrected chi connectivity index (χ1v) is 5.90. The molecule has 0 spiro atoms. The lowest BCUT2D eigenvalue weighted by Crippen LogP contribution is -2.52. The molecule has 0 saturated carbocycles. The van der Waals surface area contributed by atoms with E-state index >= 15 is 0 Å². The maximum absolute atomic E-state index is 11.2. The van der Waals surface area contributed by atoms with Crippen molar-refractivity contribution in [1.82, 2.24) is 10.6 Å². The van der Waals surface area contributed by atoms with Gasteiger partial charge >= 0.3 is 0 Å². The van der Waals surface area contributed by atoms with Gasteiger partial charge in [-0.2, -0.15) is 0 Å². The standard InChI is InChI=1S/C9H14N2O5S/c1-5(2)7(12)10-9(17(14,15)16)11-8(13)6(3)4/h9H,1,3H2,2,4H3,(H,10,12)(H,11,13)(H,14,15,16)/p-1. The summed E-state index contributed by atoms with van der Waals surface area (Å²) in [5.41, 5.74) is -2.04. The molecule has 0 aromatic heterocycles. The highest BCUT2D eigenvalue weighted by Gasteiger charge is 2.21. The zero-order valence-electron chi connectivity index (χ0n) is 9.44. The predicted molar refractivity (Wildman–Crippen MR) is 59.4 cm³/mol. The molecule has 0 aromatic rings. The first-order valence-electron chi connectivity index (χ1n) is 4.43. The first kappa shape index (κ1) is 15.3. The number of amides is 2. The van der Waals surface area contributed by atoms with Gasteiger partial charge in [0.15, 0.2) is 5.50 Å². The van der Waals surface area contributed by atoms with Crippen LogP contribution in [0.5, 0.6) is 0 Å². The smallest absolute Gasteiger partial charge is 0.248 e. The maximum atomic E-state index is 11.2. The molecule has 0 bridgehead atoms. The zero-order chi connectivity index (χ0) is 13.8. The summed E-state index contributed by atoms with van der Waals surface area (Å²) in [7, 11) is -4.92. The van der Waals surface area contributed by atoms with E-state index in [-0.39, 0.29) is 11.1 Å². The second-order valence-electron chi connectivity index (χ2n) is 3.38. The fourth-order valence-electron chi connectivity index (χ4n) is 0.665. The Morgan fingerprint density at radius 1 is 1.06 bits per heavy atom. The van der Waals surface area contributed by atoms with Gasteiger partial charge in [-0.05, 0) is 13.8 Å². The van der Waals surface area contributed by atoms with Crippen molar-refractivity contribution in [2.75, 3.05) is 0 Å². The molecule has 0 heterocycles. The van der Waals surface area contributed by atoms with Crippen LogP contribution in [0.15, 0.2) is 24.3 Å². The third-order valence-electron chi connectivity index (χ3n) is 1.59. The minimum absolute atomic E-state index is 0.00299. The van der Waals surface area contributed by atoms with Gasteiger partial charge in [-0.3, -0.25) is 9.59 Å². The lowest BCUT2D eigenvalue weighted by molar-refractivity contribution is -0.119. The van der Waals surface area contributed by atoms with E-state index in [9.17, 15) is 22.6 Å². The van der Waals surface area contributed by atoms with Gasteiger partial charge in [-0.15, -0.1) is 0 Å². The van der Waals surface area contributed by atoms with Crippen molar-refractivity contribution in [1.29, 1.82) is 0 Å². The van der Waals surface area contributed by atoms with E-state index in [0.717, 1.165) is 0 Å². The van der Waals surface area contributed by atoms with Gasteiger partial charge in [-0.25, -0.2) is 8.42 Å². The monoisotopic (exact) mass is 261 g/mol. The van der Waals surface area contributed by atoms with Crippen LogP contribution in [0.3, 0.4) is 0 Å². The molecular formula is C9H13N2O5S-. The summed E-state index contributed by atoms with van der Waals surface area (Å²) in [5.74, 6) is -1.70. The van der Waals surface area contributed by atoms with E-state index < -0.39 is 27.4 Å². The molecule has 0 unspecified atom stereocenters. The largest absolute Gasteiger partial charge is 0.745 e. The molecule has 0 aliphatic rings. The topological polar surface area (TPSA) is 115 Å². The minimum Gasteiger partial charge on any atom is -0.745 e. The number of nitrogens with one attached hydrogen (secondary N) is 2. The van der Waals surface area contributed by atoms with Crippen LogP contribution < -0.4 is 10.6 Å². The fourth-order valence-corrected chi connectivity index (χ4v) is 1.17. The third kappa shape index (κ3) is 5.27. The van der Waals surface area contributed by atoms with Gasteiger partial charge in [0.2, 0.25) is 11.8 Å². The van der Waals surface area contributed by atoms with E-state index in [1.807, 2.05) is 10.6 Å². The average molecular weight is 261 g/mol. The van der Waals surface area contributed by atoms with Crippen LogP contribution >= 0.6 is 0 Å². The van der Waals surface area contributed by atoms with E-state index in [1.165, 1.54) is 13.8 Å². The second kappa shape index (κ2) is 5.60. The maximum Gasteiger partial charge on any atom is 0.248 e. The number of rotatable bonds is 5. The molecule has 0 rings (SSSR count). The normalized spacial score (nSPS) is 10.8. The lowest BCUT2D eigenvalue weighted by Gasteiger charge is -2.22. The van der Waals surface area contributed by atoms with Crippen LogP contribution in [0.1, 0.15) is 13.8 Å². The molecular weight excluding hydrogens is 248 g/mol. The van der Waals surface area contributed by atoms with Gasteiger partial charge in [0.1, 0.15) is 10.1 Å². The lowest BCUT2D eigenvalue weighted by atomic mass is 10.3. The molecule has 0 radical (unpaired) electrons. The van der Waals surface area contributed by atoms with Crippen molar-refractivity contribution in [3.8, 4) is 0 Å². The number of carbonyl (C=O) groups excluding carboxylic acids is 2. The summed E-state index contributed by atoms with van der Waals surface area (Å²) in [6, 6.07) is 0. The van der Waals surface area contributed by atoms with Crippen molar-refractivity contribution < 1.29 is 22.6 Å². The quantitative estimate of drug-likeness (QED) is 0.382. The molecule has 17 heavy (non-hydrogen) atoms. The molecule has 0 aromatic carbocycles. The molecule has 0 aliphatic carbocycles. The van der Waals surface area contributed by atoms with E-state index in [4.69, 9.17) is 0 Å². The van der Waals surface area contributed by atoms with Crippen LogP contribution in [0.25, 0.3) is 0 Å². The Bertz CT molecular complexity index is 438. The Balaban J connectivity index is 4.93. The van der Waals surface area contributed by atoms with Crippen LogP contribution in [0, 0.1) is 0 Å². The van der Waals surface area contributed by atoms with Crippen LogP contribution in [0.2, 0.25) is 0 Å². The average Bonchev–Trinajstić information content (AvgIpc) is 2.14. The Morgan fingerprint density at radius 3 is 1.53 bits per heavy atom. The van der Waals surface area contributed by atoms with Crippen LogP contribution in [-0.4, -0.2) is 30.3 Å². The van der Waals surface area contributed by atoms with E-state index in [2.05, 4.69) is 13.2 Å². The SMILES string of the molecule is C=C(C)C(=O)NC(NC(=O)C(=C)C)S(=O)(=O)[O-]. The van der Waals surface area contributed by atoms with Gasteiger partial charge in [-0.1, -0.05) is 13.2 Å². The van der Waals surface area contributed by atoms with Crippen molar-refractivity contribution in [2.45, 2.75) is 19.3 Å². The second-order valence-corrected chi connectivity index (χ2v) is 4.84. The Labute approximate surface area is 99.3 Å². The van der Waals surface area contributed by atoms with Crippen LogP contribution in [0.4, 0.5) is 0 Å². The van der Waals surface area contributed by atoms with E-state index in [0.29, 0.717) is 0 Å². The van der Waals surface area contributed by atoms with Gasteiger partial charge in [0.25, 0.3) is 0 Å². The minimum atomic E-state index is -4.92. The van der Waals surface area contributed by atoms with Gasteiger partial charge < -0.3 is 15.2 Å². The molecule has 2 N–H and O–H groups in total. The number of hydrogen-bond acceptors (Lipinski definition) is 5. The molecule has 0 aliphatic heterocycles. The summed E-state index contributed by atoms with van der Waals surface area (Å²) >= 11 is 0. The Morgan fingerprint density at radius 2 is 1.35 bits per heavy atom. The molecule has 7 nitrogen and oxygen atoms in total. The highest BCUT2D eigenvalue weighted by Crippen LogP contribution is 1.96. The van der Waals surface area contributed by atoms with Crippen molar-refractivity contribution in [2.24, 2.45) is 0 Å². The summed E-state index contributed by atoms with van der Waals surface area (Å²) < 4.78 is 32.4. The summed E-state index contributed by atoms with van der Waals surface area (Å²) in [4.78, 5) is 22.3. The zero-order valence-corrected chi connectivity index (χ0v) is 10.3. The molecule has 0 fully saturated rings. The predicted octanol–water partition coefficient (Wildman–Crippen LogP) is -0.800. The highest BCUT2D eigenvalue weighted by atomic mass is 32.2. The summed E-state index contributed by atoms with van der Waals surface area (Å²) in [6.45, 7) is 9.18. The summed E-state index contributed by atoms with van der Waals surface area (Å²) in [5, 5.41) is 3.66.